The van der Waals surface area contributed by atoms with Gasteiger partial charge in [0.25, 0.3) is 0 Å². The van der Waals surface area contributed by atoms with Crippen molar-refractivity contribution in [2.45, 2.75) is 269 Å². The van der Waals surface area contributed by atoms with Crippen molar-refractivity contribution in [2.24, 2.45) is 52.3 Å². The first-order chi connectivity index (χ1) is 52.4. The summed E-state index contributed by atoms with van der Waals surface area (Å²) in [5, 5.41) is 83.6. The molecule has 15 amide bonds. The van der Waals surface area contributed by atoms with Gasteiger partial charge >= 0.3 is 17.9 Å². The number of unbranched alkanes of at least 4 members (excludes halogenated alkanes) is 3. The second-order valence-corrected chi connectivity index (χ2v) is 29.0. The predicted molar refractivity (Wildman–Crippen MR) is 403 cm³/mol. The SMILES string of the molecule is CC(C)C[C@H](NC(=O)CNC(=O)CNC(=O)[C@H](CCCCN)NC(=O)[C@H](CC(C)C)NC(=O)[C@H](C)NC(=O)[C@H](CCC(=O)O)NC(=O)[C@@H](N)CCCCN)C(=O)N[C@@H](CCC(=O)O)C(=O)N[C@@H](CCCCN)C(=O)N[C@H](C(=O)N[C@H](C(=O)N[C@@H](CO)C(=O)N[C@@H](CC(C)C)C(=O)N[C@@H](CCC(N)=O)C(=O)O)C(C)C)[C@@H](C)O. The number of rotatable bonds is 59. The van der Waals surface area contributed by atoms with E-state index in [1.54, 1.807) is 41.5 Å². The second-order valence-electron chi connectivity index (χ2n) is 29.0. The van der Waals surface area contributed by atoms with E-state index in [-0.39, 0.29) is 95.1 Å². The third-order valence-electron chi connectivity index (χ3n) is 17.1. The summed E-state index contributed by atoms with van der Waals surface area (Å²) in [6.45, 7) is 13.6. The number of nitrogens with two attached hydrogens (primary N) is 5. The number of hydrogen-bond donors (Lipinski definition) is 24. The summed E-state index contributed by atoms with van der Waals surface area (Å²) in [4.78, 5) is 238. The van der Waals surface area contributed by atoms with Gasteiger partial charge in [-0.1, -0.05) is 61.8 Å². The second kappa shape index (κ2) is 54.8. The lowest BCUT2D eigenvalue weighted by Gasteiger charge is -2.29. The van der Waals surface area contributed by atoms with Gasteiger partial charge < -0.3 is 129 Å². The average Bonchev–Trinajstić information content (AvgIpc) is 0.862. The van der Waals surface area contributed by atoms with Crippen LogP contribution in [0.25, 0.3) is 0 Å². The minimum Gasteiger partial charge on any atom is -0.481 e. The molecule has 0 radical (unpaired) electrons. The lowest BCUT2D eigenvalue weighted by molar-refractivity contribution is -0.143. The Morgan fingerprint density at radius 2 is 0.670 bits per heavy atom. The number of hydrogen-bond acceptors (Lipinski definition) is 24. The van der Waals surface area contributed by atoms with Gasteiger partial charge in [-0.05, 0) is 147 Å². The number of carbonyl (C=O) groups excluding carboxylic acids is 15. The summed E-state index contributed by atoms with van der Waals surface area (Å²) in [5.41, 5.74) is 28.1. The maximum atomic E-state index is 14.2. The van der Waals surface area contributed by atoms with Crippen LogP contribution < -0.4 is 103 Å². The van der Waals surface area contributed by atoms with Gasteiger partial charge in [0.2, 0.25) is 88.6 Å². The van der Waals surface area contributed by atoms with Gasteiger partial charge in [-0.25, -0.2) is 4.79 Å². The quantitative estimate of drug-likeness (QED) is 0.0252. The van der Waals surface area contributed by atoms with Gasteiger partial charge in [0, 0.05) is 19.3 Å². The van der Waals surface area contributed by atoms with E-state index in [0.29, 0.717) is 32.2 Å². The van der Waals surface area contributed by atoms with Gasteiger partial charge in [0.15, 0.2) is 0 Å². The fourth-order valence-electron chi connectivity index (χ4n) is 10.9. The smallest absolute Gasteiger partial charge is 0.326 e. The van der Waals surface area contributed by atoms with Crippen LogP contribution >= 0.6 is 0 Å². The molecule has 29 N–H and O–H groups in total. The van der Waals surface area contributed by atoms with E-state index >= 15 is 0 Å². The minimum atomic E-state index is -1.88. The Kier molecular flexibility index (Phi) is 50.0. The third kappa shape index (κ3) is 42.6. The highest BCUT2D eigenvalue weighted by Crippen LogP contribution is 2.14. The van der Waals surface area contributed by atoms with Crippen molar-refractivity contribution in [3.8, 4) is 0 Å². The molecule has 638 valence electrons. The first-order valence-electron chi connectivity index (χ1n) is 37.7. The van der Waals surface area contributed by atoms with Crippen LogP contribution in [-0.2, 0) is 86.3 Å². The largest absolute Gasteiger partial charge is 0.481 e. The van der Waals surface area contributed by atoms with E-state index in [0.717, 1.165) is 6.92 Å². The van der Waals surface area contributed by atoms with Crippen molar-refractivity contribution >= 4 is 107 Å². The van der Waals surface area contributed by atoms with Gasteiger partial charge in [0.05, 0.1) is 31.8 Å². The van der Waals surface area contributed by atoms with E-state index in [4.69, 9.17) is 28.7 Å². The van der Waals surface area contributed by atoms with Crippen LogP contribution in [0.1, 0.15) is 185 Å². The van der Waals surface area contributed by atoms with Crippen molar-refractivity contribution in [1.29, 1.82) is 0 Å². The lowest BCUT2D eigenvalue weighted by Crippen LogP contribution is -2.63. The molecule has 0 spiro atoms. The number of aliphatic hydroxyl groups is 2. The molecule has 14 atom stereocenters. The molecule has 0 aromatic heterocycles. The summed E-state index contributed by atoms with van der Waals surface area (Å²) in [6.07, 6.45) is -2.57. The maximum absolute atomic E-state index is 14.2. The number of carbonyl (C=O) groups is 18. The zero-order valence-corrected chi connectivity index (χ0v) is 65.8. The molecule has 0 rings (SSSR count). The Morgan fingerprint density at radius 3 is 1.09 bits per heavy atom. The molecule has 0 aliphatic carbocycles. The van der Waals surface area contributed by atoms with E-state index in [1.165, 1.54) is 20.8 Å². The zero-order chi connectivity index (χ0) is 85.7. The first-order valence-corrected chi connectivity index (χ1v) is 37.7. The normalized spacial score (nSPS) is 15.0. The molecule has 0 aliphatic heterocycles. The highest BCUT2D eigenvalue weighted by Gasteiger charge is 2.39. The summed E-state index contributed by atoms with van der Waals surface area (Å²) in [6, 6.07) is -19.4. The Bertz CT molecular complexity index is 3120. The Balaban J connectivity index is 6.50. The van der Waals surface area contributed by atoms with Crippen LogP contribution in [0.5, 0.6) is 0 Å². The molecular formula is C70H125N19O23. The number of aliphatic carboxylic acids is 3. The fraction of sp³-hybridized carbons (Fsp3) is 0.743. The van der Waals surface area contributed by atoms with E-state index in [1.807, 2.05) is 0 Å². The Morgan fingerprint density at radius 1 is 0.330 bits per heavy atom. The highest BCUT2D eigenvalue weighted by molar-refractivity contribution is 6.00. The van der Waals surface area contributed by atoms with Crippen LogP contribution in [0.2, 0.25) is 0 Å². The van der Waals surface area contributed by atoms with Gasteiger partial charge in [-0.15, -0.1) is 0 Å². The standard InChI is InChI=1S/C70H125N19O23/c1-35(2)29-47(79-53(94)33-76-52(93)32-77-60(101)42(18-12-15-27-72)81-65(106)48(30-36(3)4)85-58(99)39(9)78-61(102)44(21-24-54(95)96)80-59(100)41(74)17-11-14-26-71)64(105)83-45(22-25-55(97)98)62(103)82-43(19-13-16-28-73)63(104)89-57(40(10)91)69(110)88-56(38(7)8)68(109)87-50(34-90)67(108)86-49(31-37(5)6)66(107)84-46(70(111)112)20-23-51(75)92/h35-50,56-57,90-91H,11-34,71-74H2,1-10H3,(H2,75,92)(H,76,93)(H,77,101)(H,78,102)(H,79,94)(H,80,100)(H,81,106)(H,82,103)(H,83,105)(H,84,107)(H,85,99)(H,86,108)(H,87,109)(H,88,110)(H,89,104)(H,95,96)(H,97,98)(H,111,112)/t39-,40+,41-,42-,43-,44-,45-,46-,47-,48-,49-,50-,56-,57-/m0/s1. The van der Waals surface area contributed by atoms with Gasteiger partial charge in [-0.2, -0.15) is 0 Å². The van der Waals surface area contributed by atoms with Crippen molar-refractivity contribution in [1.82, 2.24) is 74.4 Å². The minimum absolute atomic E-state index is 0.00551. The van der Waals surface area contributed by atoms with Crippen molar-refractivity contribution in [3.63, 3.8) is 0 Å². The van der Waals surface area contributed by atoms with Crippen molar-refractivity contribution in [3.05, 3.63) is 0 Å². The lowest BCUT2D eigenvalue weighted by atomic mass is 10.0. The van der Waals surface area contributed by atoms with Crippen LogP contribution in [0, 0.1) is 23.7 Å². The summed E-state index contributed by atoms with van der Waals surface area (Å²) >= 11 is 0. The maximum Gasteiger partial charge on any atom is 0.326 e. The van der Waals surface area contributed by atoms with Crippen LogP contribution in [0.4, 0.5) is 0 Å². The summed E-state index contributed by atoms with van der Waals surface area (Å²) in [7, 11) is 0. The monoisotopic (exact) mass is 1600 g/mol. The van der Waals surface area contributed by atoms with E-state index in [2.05, 4.69) is 74.4 Å². The van der Waals surface area contributed by atoms with Crippen LogP contribution in [0.15, 0.2) is 0 Å². The number of carboxylic acid groups (broad SMARTS) is 3. The molecule has 0 bridgehead atoms. The molecule has 0 aliphatic rings. The molecular weight excluding hydrogens is 1470 g/mol. The molecule has 42 nitrogen and oxygen atoms in total. The molecule has 0 unspecified atom stereocenters. The molecule has 0 saturated heterocycles. The van der Waals surface area contributed by atoms with Crippen LogP contribution in [0.3, 0.4) is 0 Å². The molecule has 0 saturated carbocycles. The average molecular weight is 1600 g/mol. The Labute approximate surface area is 651 Å². The molecule has 0 heterocycles. The number of aliphatic hydroxyl groups excluding tert-OH is 2. The predicted octanol–water partition coefficient (Wildman–Crippen LogP) is -6.98. The summed E-state index contributed by atoms with van der Waals surface area (Å²) < 4.78 is 0. The topological polar surface area (TPSA) is 707 Å². The molecule has 0 aromatic carbocycles. The fourth-order valence-corrected chi connectivity index (χ4v) is 10.9. The summed E-state index contributed by atoms with van der Waals surface area (Å²) in [5.74, 6) is -20.3. The third-order valence-corrected chi connectivity index (χ3v) is 17.1. The van der Waals surface area contributed by atoms with Crippen molar-refractivity contribution in [2.75, 3.05) is 39.3 Å². The highest BCUT2D eigenvalue weighted by atomic mass is 16.4. The first kappa shape index (κ1) is 102. The molecule has 0 aromatic rings. The van der Waals surface area contributed by atoms with E-state index in [9.17, 15) is 112 Å². The number of nitrogens with one attached hydrogen (secondary N) is 14. The number of primary amides is 1. The zero-order valence-electron chi connectivity index (χ0n) is 65.8. The van der Waals surface area contributed by atoms with Gasteiger partial charge in [0.1, 0.15) is 72.5 Å². The number of carboxylic acids is 3. The molecule has 112 heavy (non-hydrogen) atoms. The van der Waals surface area contributed by atoms with Crippen LogP contribution in [-0.4, -0.2) is 256 Å². The molecule has 42 heteroatoms. The molecule has 0 fully saturated rings. The van der Waals surface area contributed by atoms with Crippen molar-refractivity contribution < 1.29 is 112 Å². The Hall–Kier alpha value is -9.78. The van der Waals surface area contributed by atoms with E-state index < -0.39 is 242 Å². The number of amides is 15. The van der Waals surface area contributed by atoms with Gasteiger partial charge in [-0.3, -0.25) is 81.5 Å².